The fourth-order valence-electron chi connectivity index (χ4n) is 2.29. The highest BCUT2D eigenvalue weighted by molar-refractivity contribution is 6.33. The summed E-state index contributed by atoms with van der Waals surface area (Å²) >= 11 is 12.0. The zero-order valence-electron chi connectivity index (χ0n) is 13.6. The van der Waals surface area contributed by atoms with Gasteiger partial charge in [0.25, 0.3) is 0 Å². The van der Waals surface area contributed by atoms with Gasteiger partial charge in [0.1, 0.15) is 17.4 Å². The predicted octanol–water partition coefficient (Wildman–Crippen LogP) is 2.91. The highest BCUT2D eigenvalue weighted by Crippen LogP contribution is 2.23. The Balaban J connectivity index is 1.69. The zero-order valence-corrected chi connectivity index (χ0v) is 15.1. The van der Waals surface area contributed by atoms with Crippen LogP contribution < -0.4 is 5.32 Å². The first-order chi connectivity index (χ1) is 12.8. The van der Waals surface area contributed by atoms with Crippen molar-refractivity contribution in [1.29, 1.82) is 0 Å². The molecule has 1 amide bonds. The Hall–Kier alpha value is -2.91. The van der Waals surface area contributed by atoms with Crippen molar-refractivity contribution in [2.45, 2.75) is 13.1 Å². The number of hydrogen-bond acceptors (Lipinski definition) is 4. The minimum absolute atomic E-state index is 0.0300. The third-order valence-corrected chi connectivity index (χ3v) is 4.17. The van der Waals surface area contributed by atoms with E-state index < -0.39 is 17.7 Å². The van der Waals surface area contributed by atoms with Crippen LogP contribution in [0.5, 0.6) is 0 Å². The maximum atomic E-state index is 13.9. The van der Waals surface area contributed by atoms with Crippen LogP contribution in [0.3, 0.4) is 0 Å². The molecule has 0 spiro atoms. The largest absolute Gasteiger partial charge is 0.478 e. The van der Waals surface area contributed by atoms with Gasteiger partial charge in [0.05, 0.1) is 18.3 Å². The lowest BCUT2D eigenvalue weighted by atomic mass is 10.2. The van der Waals surface area contributed by atoms with E-state index in [1.165, 1.54) is 33.9 Å². The first-order valence-electron chi connectivity index (χ1n) is 7.55. The van der Waals surface area contributed by atoms with Gasteiger partial charge in [-0.25, -0.2) is 9.18 Å². The number of carbonyl (C=O) groups excluding carboxylic acids is 1. The van der Waals surface area contributed by atoms with Crippen LogP contribution in [0.25, 0.3) is 0 Å². The summed E-state index contributed by atoms with van der Waals surface area (Å²) in [6.07, 6.45) is 3.79. The third-order valence-electron chi connectivity index (χ3n) is 3.54. The van der Waals surface area contributed by atoms with E-state index in [0.29, 0.717) is 0 Å². The molecule has 27 heavy (non-hydrogen) atoms. The molecule has 2 heterocycles. The molecular formula is C16H12Cl2FN5O3. The third kappa shape index (κ3) is 4.44. The number of benzene rings is 1. The molecule has 3 rings (SSSR count). The topological polar surface area (TPSA) is 102 Å². The average Bonchev–Trinajstić information content (AvgIpc) is 3.18. The summed E-state index contributed by atoms with van der Waals surface area (Å²) in [4.78, 5) is 22.9. The first kappa shape index (κ1) is 18.9. The van der Waals surface area contributed by atoms with Crippen molar-refractivity contribution in [1.82, 2.24) is 19.6 Å². The van der Waals surface area contributed by atoms with E-state index in [0.717, 1.165) is 6.20 Å². The van der Waals surface area contributed by atoms with Crippen molar-refractivity contribution >= 4 is 40.9 Å². The standard InChI is InChI=1S/C16H12Cl2FN5O3/c17-11-2-1-3-13(19)10(11)6-24-7-12(18)15(22-24)21-14(25)8-23-5-9(4-20-23)16(26)27/h1-5,7H,6,8H2,(H,26,27)(H,21,22,25). The summed E-state index contributed by atoms with van der Waals surface area (Å²) < 4.78 is 16.4. The quantitative estimate of drug-likeness (QED) is 0.648. The number of hydrogen-bond donors (Lipinski definition) is 2. The molecule has 2 aromatic heterocycles. The summed E-state index contributed by atoms with van der Waals surface area (Å²) in [7, 11) is 0. The summed E-state index contributed by atoms with van der Waals surface area (Å²) in [5, 5.41) is 19.6. The van der Waals surface area contributed by atoms with Crippen molar-refractivity contribution in [3.05, 3.63) is 63.8 Å². The molecule has 3 aromatic rings. The average molecular weight is 412 g/mol. The molecule has 2 N–H and O–H groups in total. The van der Waals surface area contributed by atoms with E-state index in [4.69, 9.17) is 28.3 Å². The Morgan fingerprint density at radius 2 is 1.96 bits per heavy atom. The molecule has 0 aliphatic rings. The maximum Gasteiger partial charge on any atom is 0.338 e. The van der Waals surface area contributed by atoms with Crippen LogP contribution in [-0.4, -0.2) is 36.5 Å². The van der Waals surface area contributed by atoms with Gasteiger partial charge in [-0.1, -0.05) is 29.3 Å². The molecule has 11 heteroatoms. The van der Waals surface area contributed by atoms with Gasteiger partial charge in [0.15, 0.2) is 5.82 Å². The van der Waals surface area contributed by atoms with Crippen LogP contribution in [0.15, 0.2) is 36.8 Å². The molecule has 0 aliphatic carbocycles. The van der Waals surface area contributed by atoms with Gasteiger partial charge in [-0.3, -0.25) is 14.2 Å². The second kappa shape index (κ2) is 7.77. The summed E-state index contributed by atoms with van der Waals surface area (Å²) in [6, 6.07) is 4.33. The Morgan fingerprint density at radius 3 is 2.63 bits per heavy atom. The number of aromatic carboxylic acids is 1. The van der Waals surface area contributed by atoms with E-state index in [-0.39, 0.29) is 40.1 Å². The number of carboxylic acid groups (broad SMARTS) is 1. The molecular weight excluding hydrogens is 400 g/mol. The Morgan fingerprint density at radius 1 is 1.19 bits per heavy atom. The molecule has 8 nitrogen and oxygen atoms in total. The Labute approximate surface area is 162 Å². The Kier molecular flexibility index (Phi) is 5.43. The first-order valence-corrected chi connectivity index (χ1v) is 8.30. The predicted molar refractivity (Wildman–Crippen MR) is 95.6 cm³/mol. The molecule has 140 valence electrons. The van der Waals surface area contributed by atoms with Gasteiger partial charge in [-0.05, 0) is 12.1 Å². The van der Waals surface area contributed by atoms with Gasteiger partial charge in [0.2, 0.25) is 5.91 Å². The molecule has 0 saturated heterocycles. The summed E-state index contributed by atoms with van der Waals surface area (Å²) in [5.41, 5.74) is 0.209. The molecule has 0 saturated carbocycles. The zero-order chi connectivity index (χ0) is 19.6. The van der Waals surface area contributed by atoms with E-state index in [2.05, 4.69) is 15.5 Å². The number of carbonyl (C=O) groups is 2. The smallest absolute Gasteiger partial charge is 0.338 e. The number of nitrogens with zero attached hydrogens (tertiary/aromatic N) is 4. The second-order valence-electron chi connectivity index (χ2n) is 5.50. The maximum absolute atomic E-state index is 13.9. The minimum atomic E-state index is -1.14. The van der Waals surface area contributed by atoms with Crippen molar-refractivity contribution in [2.24, 2.45) is 0 Å². The number of carboxylic acids is 1. The van der Waals surface area contributed by atoms with Crippen LogP contribution in [0.1, 0.15) is 15.9 Å². The van der Waals surface area contributed by atoms with Crippen LogP contribution >= 0.6 is 23.2 Å². The van der Waals surface area contributed by atoms with Crippen LogP contribution in [0, 0.1) is 5.82 Å². The van der Waals surface area contributed by atoms with Crippen molar-refractivity contribution in [2.75, 3.05) is 5.32 Å². The van der Waals surface area contributed by atoms with Gasteiger partial charge in [0, 0.05) is 23.0 Å². The lowest BCUT2D eigenvalue weighted by Gasteiger charge is -2.06. The van der Waals surface area contributed by atoms with E-state index in [9.17, 15) is 14.0 Å². The molecule has 0 fully saturated rings. The number of halogens is 3. The van der Waals surface area contributed by atoms with Crippen LogP contribution in [0.4, 0.5) is 10.2 Å². The SMILES string of the molecule is O=C(Cn1cc(C(=O)O)cn1)Nc1nn(Cc2c(F)cccc2Cl)cc1Cl. The van der Waals surface area contributed by atoms with Crippen LogP contribution in [0.2, 0.25) is 10.0 Å². The van der Waals surface area contributed by atoms with Gasteiger partial charge >= 0.3 is 5.97 Å². The summed E-state index contributed by atoms with van der Waals surface area (Å²) in [5.74, 6) is -2.05. The van der Waals surface area contributed by atoms with E-state index in [1.807, 2.05) is 0 Å². The van der Waals surface area contributed by atoms with E-state index >= 15 is 0 Å². The fourth-order valence-corrected chi connectivity index (χ4v) is 2.71. The minimum Gasteiger partial charge on any atom is -0.478 e. The number of amides is 1. The van der Waals surface area contributed by atoms with Gasteiger partial charge in [-0.2, -0.15) is 10.2 Å². The number of nitrogens with one attached hydrogen (secondary N) is 1. The fraction of sp³-hybridized carbons (Fsp3) is 0.125. The lowest BCUT2D eigenvalue weighted by Crippen LogP contribution is -2.19. The molecule has 0 radical (unpaired) electrons. The van der Waals surface area contributed by atoms with Gasteiger partial charge < -0.3 is 10.4 Å². The molecule has 0 unspecified atom stereocenters. The normalized spacial score (nSPS) is 10.8. The Bertz CT molecular complexity index is 997. The summed E-state index contributed by atoms with van der Waals surface area (Å²) in [6.45, 7) is -0.197. The monoisotopic (exact) mass is 411 g/mol. The lowest BCUT2D eigenvalue weighted by molar-refractivity contribution is -0.116. The highest BCUT2D eigenvalue weighted by Gasteiger charge is 2.15. The number of anilines is 1. The molecule has 1 aromatic carbocycles. The second-order valence-corrected chi connectivity index (χ2v) is 6.32. The van der Waals surface area contributed by atoms with Crippen molar-refractivity contribution in [3.8, 4) is 0 Å². The number of rotatable bonds is 6. The van der Waals surface area contributed by atoms with Crippen LogP contribution in [-0.2, 0) is 17.9 Å². The molecule has 0 aliphatic heterocycles. The molecule has 0 bridgehead atoms. The number of aromatic nitrogens is 4. The molecule has 0 atom stereocenters. The van der Waals surface area contributed by atoms with E-state index in [1.54, 1.807) is 6.07 Å². The van der Waals surface area contributed by atoms with Crippen molar-refractivity contribution < 1.29 is 19.1 Å². The van der Waals surface area contributed by atoms with Crippen molar-refractivity contribution in [3.63, 3.8) is 0 Å². The van der Waals surface area contributed by atoms with Gasteiger partial charge in [-0.15, -0.1) is 0 Å². The highest BCUT2D eigenvalue weighted by atomic mass is 35.5.